The van der Waals surface area contributed by atoms with Crippen molar-refractivity contribution in [2.75, 3.05) is 10.6 Å². The van der Waals surface area contributed by atoms with Crippen molar-refractivity contribution in [1.29, 1.82) is 5.26 Å². The summed E-state index contributed by atoms with van der Waals surface area (Å²) in [5.74, 6) is -0.572. The summed E-state index contributed by atoms with van der Waals surface area (Å²) in [6.07, 6.45) is 0.983. The van der Waals surface area contributed by atoms with Crippen LogP contribution in [-0.4, -0.2) is 18.4 Å². The number of halogens is 1. The Morgan fingerprint density at radius 2 is 1.87 bits per heavy atom. The number of nitriles is 1. The van der Waals surface area contributed by atoms with Crippen molar-refractivity contribution in [1.82, 2.24) is 9.97 Å². The van der Waals surface area contributed by atoms with Gasteiger partial charge in [-0.1, -0.05) is 6.07 Å². The van der Waals surface area contributed by atoms with Gasteiger partial charge >= 0.3 is 0 Å². The van der Waals surface area contributed by atoms with Crippen LogP contribution in [0, 0.1) is 24.1 Å². The van der Waals surface area contributed by atoms with Gasteiger partial charge in [0.2, 0.25) is 21.7 Å². The largest absolute Gasteiger partial charge is 0.446 e. The number of sulfonamides is 1. The molecule has 4 aromatic rings. The molecule has 9 nitrogen and oxygen atoms in total. The van der Waals surface area contributed by atoms with Crippen molar-refractivity contribution in [3.8, 4) is 6.07 Å². The van der Waals surface area contributed by atoms with Crippen LogP contribution in [-0.2, 0) is 10.0 Å². The summed E-state index contributed by atoms with van der Waals surface area (Å²) >= 11 is 0. The number of nitrogens with one attached hydrogen (secondary N) is 2. The molecule has 0 unspecified atom stereocenters. The summed E-state index contributed by atoms with van der Waals surface area (Å²) in [5.41, 5.74) is 1.91. The maximum absolute atomic E-state index is 14.3. The number of hydrogen-bond acceptors (Lipinski definition) is 8. The zero-order chi connectivity index (χ0) is 22.2. The zero-order valence-corrected chi connectivity index (χ0v) is 16.9. The lowest BCUT2D eigenvalue weighted by molar-refractivity contribution is 0.597. The van der Waals surface area contributed by atoms with Gasteiger partial charge in [0.05, 0.1) is 11.1 Å². The van der Waals surface area contributed by atoms with Crippen LogP contribution in [0.15, 0.2) is 58.0 Å². The fourth-order valence-corrected chi connectivity index (χ4v) is 3.75. The number of aromatic nitrogens is 2. The van der Waals surface area contributed by atoms with Crippen LogP contribution in [0.2, 0.25) is 0 Å². The highest BCUT2D eigenvalue weighted by Crippen LogP contribution is 2.26. The molecule has 0 radical (unpaired) electrons. The van der Waals surface area contributed by atoms with E-state index in [0.717, 1.165) is 6.20 Å². The second-order valence-corrected chi connectivity index (χ2v) is 8.17. The van der Waals surface area contributed by atoms with Gasteiger partial charge in [-0.2, -0.15) is 10.2 Å². The number of nitrogens with two attached hydrogens (primary N) is 1. The molecule has 11 heteroatoms. The number of aryl methyl sites for hydroxylation is 1. The minimum atomic E-state index is -3.90. The van der Waals surface area contributed by atoms with E-state index in [9.17, 15) is 12.8 Å². The molecular formula is C20H15FN6O3S. The van der Waals surface area contributed by atoms with Crippen molar-refractivity contribution >= 4 is 44.1 Å². The minimum absolute atomic E-state index is 0.0388. The van der Waals surface area contributed by atoms with Crippen molar-refractivity contribution in [3.05, 3.63) is 65.8 Å². The van der Waals surface area contributed by atoms with E-state index in [1.54, 1.807) is 43.3 Å². The number of fused-ring (bicyclic) bond motifs is 1. The molecule has 0 aliphatic rings. The maximum atomic E-state index is 14.3. The van der Waals surface area contributed by atoms with E-state index < -0.39 is 15.8 Å². The van der Waals surface area contributed by atoms with Crippen molar-refractivity contribution in [2.24, 2.45) is 5.14 Å². The Kier molecular flexibility index (Phi) is 5.02. The van der Waals surface area contributed by atoms with E-state index in [-0.39, 0.29) is 22.4 Å². The Morgan fingerprint density at radius 1 is 1.13 bits per heavy atom. The van der Waals surface area contributed by atoms with Gasteiger partial charge in [0.15, 0.2) is 11.6 Å². The van der Waals surface area contributed by atoms with Crippen LogP contribution >= 0.6 is 0 Å². The number of benzene rings is 2. The van der Waals surface area contributed by atoms with Gasteiger partial charge in [0.1, 0.15) is 11.7 Å². The first-order valence-corrected chi connectivity index (χ1v) is 10.4. The smallest absolute Gasteiger partial charge is 0.238 e. The average Bonchev–Trinajstić information content (AvgIpc) is 3.13. The fourth-order valence-electron chi connectivity index (χ4n) is 2.94. The van der Waals surface area contributed by atoms with E-state index in [4.69, 9.17) is 14.8 Å². The Labute approximate surface area is 176 Å². The van der Waals surface area contributed by atoms with Gasteiger partial charge in [0, 0.05) is 22.8 Å². The Morgan fingerprint density at radius 3 is 2.61 bits per heavy atom. The lowest BCUT2D eigenvalue weighted by Gasteiger charge is -2.11. The molecular weight excluding hydrogens is 423 g/mol. The number of rotatable bonds is 5. The van der Waals surface area contributed by atoms with E-state index in [1.807, 2.05) is 6.07 Å². The van der Waals surface area contributed by atoms with Gasteiger partial charge < -0.3 is 15.1 Å². The van der Waals surface area contributed by atoms with Crippen molar-refractivity contribution < 1.29 is 17.2 Å². The van der Waals surface area contributed by atoms with Gasteiger partial charge in [-0.25, -0.2) is 22.9 Å². The van der Waals surface area contributed by atoms with E-state index in [1.165, 1.54) is 6.07 Å². The predicted octanol–water partition coefficient (Wildman–Crippen LogP) is 3.68. The van der Waals surface area contributed by atoms with Crippen LogP contribution in [0.5, 0.6) is 0 Å². The summed E-state index contributed by atoms with van der Waals surface area (Å²) < 4.78 is 43.0. The molecule has 0 atom stereocenters. The predicted molar refractivity (Wildman–Crippen MR) is 112 cm³/mol. The molecule has 0 bridgehead atoms. The molecule has 0 amide bonds. The minimum Gasteiger partial charge on any atom is -0.446 e. The number of hydrogen-bond donors (Lipinski definition) is 3. The highest BCUT2D eigenvalue weighted by molar-refractivity contribution is 7.89. The van der Waals surface area contributed by atoms with Gasteiger partial charge in [0.25, 0.3) is 0 Å². The van der Waals surface area contributed by atoms with E-state index >= 15 is 0 Å². The van der Waals surface area contributed by atoms with Crippen LogP contribution < -0.4 is 15.8 Å². The first kappa shape index (κ1) is 20.3. The number of primary sulfonamides is 1. The molecule has 31 heavy (non-hydrogen) atoms. The van der Waals surface area contributed by atoms with Crippen LogP contribution in [0.1, 0.15) is 11.3 Å². The molecule has 0 spiro atoms. The summed E-state index contributed by atoms with van der Waals surface area (Å²) in [4.78, 5) is 7.96. The second-order valence-electron chi connectivity index (χ2n) is 6.64. The topological polar surface area (TPSA) is 147 Å². The summed E-state index contributed by atoms with van der Waals surface area (Å²) in [6, 6.07) is 13.0. The SMILES string of the molecule is Cc1ccc(Nc2ncc(F)c(Nc3ccc4oc(C#N)cc4c3)n2)cc1S(N)(=O)=O. The molecule has 0 aliphatic carbocycles. The van der Waals surface area contributed by atoms with E-state index in [0.29, 0.717) is 27.9 Å². The molecule has 2 heterocycles. The third-order valence-corrected chi connectivity index (χ3v) is 5.44. The molecule has 4 N–H and O–H groups in total. The molecule has 0 saturated heterocycles. The Hall–Kier alpha value is -4.01. The quantitative estimate of drug-likeness (QED) is 0.427. The molecule has 2 aromatic carbocycles. The summed E-state index contributed by atoms with van der Waals surface area (Å²) in [5, 5.41) is 20.5. The number of nitrogens with zero attached hydrogens (tertiary/aromatic N) is 3. The lowest BCUT2D eigenvalue weighted by Crippen LogP contribution is -2.14. The number of furan rings is 1. The summed E-state index contributed by atoms with van der Waals surface area (Å²) in [7, 11) is -3.90. The standard InChI is InChI=1S/C20H15FN6O3S/c1-11-2-3-14(8-18(11)31(23,28)29)26-20-24-10-16(21)19(27-20)25-13-4-5-17-12(6-13)7-15(9-22)30-17/h2-8,10H,1H3,(H2,23,28,29)(H2,24,25,26,27). The first-order valence-electron chi connectivity index (χ1n) is 8.87. The highest BCUT2D eigenvalue weighted by atomic mass is 32.2. The van der Waals surface area contributed by atoms with Crippen LogP contribution in [0.4, 0.5) is 27.5 Å². The fraction of sp³-hybridized carbons (Fsp3) is 0.0500. The molecule has 0 fully saturated rings. The van der Waals surface area contributed by atoms with Gasteiger partial charge in [-0.3, -0.25) is 0 Å². The molecule has 156 valence electrons. The monoisotopic (exact) mass is 438 g/mol. The van der Waals surface area contributed by atoms with Crippen LogP contribution in [0.3, 0.4) is 0 Å². The van der Waals surface area contributed by atoms with Crippen molar-refractivity contribution in [2.45, 2.75) is 11.8 Å². The Bertz CT molecular complexity index is 1460. The first-order chi connectivity index (χ1) is 14.7. The maximum Gasteiger partial charge on any atom is 0.238 e. The Balaban J connectivity index is 1.61. The third kappa shape index (κ3) is 4.30. The normalized spacial score (nSPS) is 11.3. The second kappa shape index (κ2) is 7.67. The van der Waals surface area contributed by atoms with Gasteiger partial charge in [-0.15, -0.1) is 0 Å². The van der Waals surface area contributed by atoms with Crippen LogP contribution in [0.25, 0.3) is 11.0 Å². The highest BCUT2D eigenvalue weighted by Gasteiger charge is 2.14. The summed E-state index contributed by atoms with van der Waals surface area (Å²) in [6.45, 7) is 1.62. The molecule has 2 aromatic heterocycles. The third-order valence-electron chi connectivity index (χ3n) is 4.38. The number of anilines is 4. The zero-order valence-electron chi connectivity index (χ0n) is 16.0. The molecule has 4 rings (SSSR count). The van der Waals surface area contributed by atoms with Gasteiger partial charge in [-0.05, 0) is 42.8 Å². The molecule has 0 aliphatic heterocycles. The average molecular weight is 438 g/mol. The van der Waals surface area contributed by atoms with Crippen molar-refractivity contribution in [3.63, 3.8) is 0 Å². The molecule has 0 saturated carbocycles. The van der Waals surface area contributed by atoms with E-state index in [2.05, 4.69) is 20.6 Å². The lowest BCUT2D eigenvalue weighted by atomic mass is 10.2.